The summed E-state index contributed by atoms with van der Waals surface area (Å²) in [6, 6.07) is 4.49. The standard InChI is InChI=1S/C16H26N4O3.ClH/c1-11-6-7-12(13(10-11)20(22)23)18-8-5-9-19-15(21)14(17)16(2,3)4;/h6-7,10,14,18H,5,8-9,17H2,1-4H3,(H,19,21);1H/t14-;/m1./s1. The molecule has 0 saturated carbocycles. The average Bonchev–Trinajstić information content (AvgIpc) is 2.46. The fraction of sp³-hybridized carbons (Fsp3) is 0.562. The van der Waals surface area contributed by atoms with Crippen molar-refractivity contribution in [3.63, 3.8) is 0 Å². The van der Waals surface area contributed by atoms with E-state index in [1.165, 1.54) is 6.07 Å². The summed E-state index contributed by atoms with van der Waals surface area (Å²) in [6.07, 6.45) is 0.646. The van der Waals surface area contributed by atoms with E-state index in [1.54, 1.807) is 6.07 Å². The Bertz CT molecular complexity index is 573. The molecule has 0 saturated heterocycles. The molecule has 1 atom stereocenters. The zero-order chi connectivity index (χ0) is 17.6. The van der Waals surface area contributed by atoms with Gasteiger partial charge >= 0.3 is 0 Å². The number of nitrogens with one attached hydrogen (secondary N) is 2. The van der Waals surface area contributed by atoms with Gasteiger partial charge in [0.15, 0.2) is 0 Å². The summed E-state index contributed by atoms with van der Waals surface area (Å²) in [6.45, 7) is 8.54. The van der Waals surface area contributed by atoms with Gasteiger partial charge in [0.25, 0.3) is 5.69 Å². The number of amides is 1. The van der Waals surface area contributed by atoms with Crippen LogP contribution >= 0.6 is 12.4 Å². The van der Waals surface area contributed by atoms with Crippen molar-refractivity contribution in [2.45, 2.75) is 40.2 Å². The maximum Gasteiger partial charge on any atom is 0.292 e. The van der Waals surface area contributed by atoms with E-state index in [0.29, 0.717) is 25.2 Å². The number of anilines is 1. The first-order valence-corrected chi connectivity index (χ1v) is 7.65. The molecular formula is C16H27ClN4O3. The highest BCUT2D eigenvalue weighted by Crippen LogP contribution is 2.25. The second-order valence-electron chi connectivity index (χ2n) is 6.69. The number of halogens is 1. The summed E-state index contributed by atoms with van der Waals surface area (Å²) >= 11 is 0. The molecule has 0 spiro atoms. The number of aryl methyl sites for hydroxylation is 1. The Balaban J connectivity index is 0.00000529. The molecule has 136 valence electrons. The van der Waals surface area contributed by atoms with Crippen LogP contribution in [0.1, 0.15) is 32.8 Å². The zero-order valence-corrected chi connectivity index (χ0v) is 15.4. The van der Waals surface area contributed by atoms with E-state index in [4.69, 9.17) is 5.73 Å². The fourth-order valence-corrected chi connectivity index (χ4v) is 1.97. The molecule has 1 aromatic rings. The normalized spacial score (nSPS) is 12.0. The third-order valence-electron chi connectivity index (χ3n) is 3.53. The average molecular weight is 359 g/mol. The third-order valence-corrected chi connectivity index (χ3v) is 3.53. The van der Waals surface area contributed by atoms with Crippen LogP contribution in [0.3, 0.4) is 0 Å². The SMILES string of the molecule is Cc1ccc(NCCCNC(=O)[C@@H](N)C(C)(C)C)c([N+](=O)[O-])c1.Cl. The van der Waals surface area contributed by atoms with Crippen molar-refractivity contribution in [3.8, 4) is 0 Å². The lowest BCUT2D eigenvalue weighted by molar-refractivity contribution is -0.384. The highest BCUT2D eigenvalue weighted by Gasteiger charge is 2.26. The largest absolute Gasteiger partial charge is 0.379 e. The number of carbonyl (C=O) groups is 1. The van der Waals surface area contributed by atoms with Crippen molar-refractivity contribution in [1.29, 1.82) is 0 Å². The van der Waals surface area contributed by atoms with Gasteiger partial charge in [-0.05, 0) is 30.4 Å². The summed E-state index contributed by atoms with van der Waals surface area (Å²) < 4.78 is 0. The van der Waals surface area contributed by atoms with Gasteiger partial charge in [-0.1, -0.05) is 26.8 Å². The predicted octanol–water partition coefficient (Wildman–Crippen LogP) is 2.62. The molecule has 0 fully saturated rings. The number of hydrogen-bond acceptors (Lipinski definition) is 5. The van der Waals surface area contributed by atoms with Crippen molar-refractivity contribution in [2.24, 2.45) is 11.1 Å². The van der Waals surface area contributed by atoms with Crippen molar-refractivity contribution in [1.82, 2.24) is 5.32 Å². The first kappa shape index (κ1) is 22.1. The number of benzene rings is 1. The number of nitrogens with two attached hydrogens (primary N) is 1. The minimum atomic E-state index is -0.561. The summed E-state index contributed by atoms with van der Waals surface area (Å²) in [4.78, 5) is 22.5. The molecule has 0 aliphatic rings. The minimum Gasteiger partial charge on any atom is -0.379 e. The lowest BCUT2D eigenvalue weighted by Crippen LogP contribution is -2.48. The van der Waals surface area contributed by atoms with E-state index in [9.17, 15) is 14.9 Å². The topological polar surface area (TPSA) is 110 Å². The van der Waals surface area contributed by atoms with E-state index in [0.717, 1.165) is 5.56 Å². The van der Waals surface area contributed by atoms with Gasteiger partial charge in [-0.3, -0.25) is 14.9 Å². The molecule has 0 aliphatic heterocycles. The van der Waals surface area contributed by atoms with Crippen LogP contribution in [0.2, 0.25) is 0 Å². The highest BCUT2D eigenvalue weighted by molar-refractivity contribution is 5.85. The van der Waals surface area contributed by atoms with E-state index in [2.05, 4.69) is 10.6 Å². The molecule has 0 aliphatic carbocycles. The fourth-order valence-electron chi connectivity index (χ4n) is 1.97. The summed E-state index contributed by atoms with van der Waals surface area (Å²) in [5.41, 5.74) is 6.96. The molecule has 4 N–H and O–H groups in total. The maximum atomic E-state index is 11.9. The van der Waals surface area contributed by atoms with Crippen LogP contribution in [0.15, 0.2) is 18.2 Å². The second-order valence-corrected chi connectivity index (χ2v) is 6.69. The molecule has 1 rings (SSSR count). The predicted molar refractivity (Wildman–Crippen MR) is 98.6 cm³/mol. The molecule has 1 aromatic carbocycles. The number of carbonyl (C=O) groups excluding carboxylic acids is 1. The zero-order valence-electron chi connectivity index (χ0n) is 14.6. The third kappa shape index (κ3) is 6.72. The van der Waals surface area contributed by atoms with Crippen molar-refractivity contribution >= 4 is 29.7 Å². The smallest absolute Gasteiger partial charge is 0.292 e. The number of nitrogens with zero attached hydrogens (tertiary/aromatic N) is 1. The van der Waals surface area contributed by atoms with E-state index in [1.807, 2.05) is 33.8 Å². The molecule has 0 bridgehead atoms. The van der Waals surface area contributed by atoms with Gasteiger partial charge in [-0.2, -0.15) is 0 Å². The van der Waals surface area contributed by atoms with E-state index in [-0.39, 0.29) is 29.4 Å². The lowest BCUT2D eigenvalue weighted by atomic mass is 9.87. The highest BCUT2D eigenvalue weighted by atomic mass is 35.5. The Hall–Kier alpha value is -1.86. The van der Waals surface area contributed by atoms with Gasteiger partial charge in [-0.25, -0.2) is 0 Å². The molecule has 24 heavy (non-hydrogen) atoms. The van der Waals surface area contributed by atoms with Gasteiger partial charge in [0.1, 0.15) is 5.69 Å². The summed E-state index contributed by atoms with van der Waals surface area (Å²) in [5, 5.41) is 16.8. The van der Waals surface area contributed by atoms with Gasteiger partial charge in [0.2, 0.25) is 5.91 Å². The van der Waals surface area contributed by atoms with E-state index >= 15 is 0 Å². The molecular weight excluding hydrogens is 332 g/mol. The van der Waals surface area contributed by atoms with Crippen LogP contribution in [-0.4, -0.2) is 30.0 Å². The van der Waals surface area contributed by atoms with Crippen LogP contribution in [0.25, 0.3) is 0 Å². The Morgan fingerprint density at radius 1 is 1.33 bits per heavy atom. The monoisotopic (exact) mass is 358 g/mol. The van der Waals surface area contributed by atoms with Crippen LogP contribution in [0.5, 0.6) is 0 Å². The number of nitro benzene ring substituents is 1. The maximum absolute atomic E-state index is 11.9. The van der Waals surface area contributed by atoms with Crippen molar-refractivity contribution < 1.29 is 9.72 Å². The molecule has 8 heteroatoms. The molecule has 7 nitrogen and oxygen atoms in total. The van der Waals surface area contributed by atoms with Crippen molar-refractivity contribution in [3.05, 3.63) is 33.9 Å². The van der Waals surface area contributed by atoms with Crippen molar-refractivity contribution in [2.75, 3.05) is 18.4 Å². The van der Waals surface area contributed by atoms with Crippen LogP contribution in [0, 0.1) is 22.5 Å². The summed E-state index contributed by atoms with van der Waals surface area (Å²) in [5.74, 6) is -0.182. The Morgan fingerprint density at radius 2 is 1.96 bits per heavy atom. The number of hydrogen-bond donors (Lipinski definition) is 3. The van der Waals surface area contributed by atoms with Gasteiger partial charge in [0.05, 0.1) is 11.0 Å². The number of rotatable bonds is 7. The second kappa shape index (κ2) is 9.44. The first-order valence-electron chi connectivity index (χ1n) is 7.65. The molecule has 0 heterocycles. The Labute approximate surface area is 148 Å². The Kier molecular flexibility index (Phi) is 8.71. The Morgan fingerprint density at radius 3 is 2.50 bits per heavy atom. The molecule has 0 aromatic heterocycles. The summed E-state index contributed by atoms with van der Waals surface area (Å²) in [7, 11) is 0. The molecule has 0 unspecified atom stereocenters. The van der Waals surface area contributed by atoms with E-state index < -0.39 is 11.0 Å². The van der Waals surface area contributed by atoms with Crippen LogP contribution in [-0.2, 0) is 4.79 Å². The van der Waals surface area contributed by atoms with Crippen LogP contribution < -0.4 is 16.4 Å². The van der Waals surface area contributed by atoms with Gasteiger partial charge in [-0.15, -0.1) is 12.4 Å². The molecule has 1 amide bonds. The van der Waals surface area contributed by atoms with Crippen LogP contribution in [0.4, 0.5) is 11.4 Å². The minimum absolute atomic E-state index is 0. The van der Waals surface area contributed by atoms with Gasteiger partial charge < -0.3 is 16.4 Å². The lowest BCUT2D eigenvalue weighted by Gasteiger charge is -2.25. The molecule has 0 radical (unpaired) electrons. The number of nitro groups is 1. The quantitative estimate of drug-likeness (QED) is 0.394. The van der Waals surface area contributed by atoms with Gasteiger partial charge in [0, 0.05) is 19.2 Å². The first-order chi connectivity index (χ1) is 10.6.